The number of anilines is 1. The van der Waals surface area contributed by atoms with Gasteiger partial charge in [0.2, 0.25) is 5.91 Å². The van der Waals surface area contributed by atoms with Crippen LogP contribution in [-0.2, 0) is 11.3 Å². The average Bonchev–Trinajstić information content (AvgIpc) is 2.47. The predicted octanol–water partition coefficient (Wildman–Crippen LogP) is 1.47. The van der Waals surface area contributed by atoms with Gasteiger partial charge in [0.25, 0.3) is 0 Å². The number of aromatic nitrogens is 1. The molecule has 1 aliphatic rings. The van der Waals surface area contributed by atoms with Gasteiger partial charge in [0.15, 0.2) is 0 Å². The van der Waals surface area contributed by atoms with Gasteiger partial charge in [0.05, 0.1) is 5.41 Å². The number of carbonyl (C=O) groups excluding carboxylic acids is 1. The summed E-state index contributed by atoms with van der Waals surface area (Å²) < 4.78 is 0. The molecule has 20 heavy (non-hydrogen) atoms. The molecular formula is C15H24N4O. The Balaban J connectivity index is 2.08. The molecule has 1 atom stereocenters. The van der Waals surface area contributed by atoms with E-state index in [9.17, 15) is 4.79 Å². The van der Waals surface area contributed by atoms with Crippen LogP contribution in [0.4, 0.5) is 5.82 Å². The van der Waals surface area contributed by atoms with Crippen LogP contribution in [0.25, 0.3) is 0 Å². The van der Waals surface area contributed by atoms with Crippen LogP contribution in [0.1, 0.15) is 25.3 Å². The second-order valence-electron chi connectivity index (χ2n) is 5.72. The monoisotopic (exact) mass is 276 g/mol. The molecule has 1 saturated heterocycles. The first-order chi connectivity index (χ1) is 9.59. The standard InChI is InChI=1S/C15H24N4O/c1-15(14(20)17-3)7-5-9-19(11-15)10-12-6-4-8-18-13(12)16-2/h4,6,8H,5,7,9-11H2,1-3H3,(H,16,18)(H,17,20). The molecule has 0 aliphatic carbocycles. The van der Waals surface area contributed by atoms with E-state index in [-0.39, 0.29) is 11.3 Å². The van der Waals surface area contributed by atoms with E-state index in [1.165, 1.54) is 5.56 Å². The van der Waals surface area contributed by atoms with Crippen molar-refractivity contribution < 1.29 is 4.79 Å². The summed E-state index contributed by atoms with van der Waals surface area (Å²) in [6, 6.07) is 4.04. The summed E-state index contributed by atoms with van der Waals surface area (Å²) in [7, 11) is 3.60. The molecule has 1 unspecified atom stereocenters. The van der Waals surface area contributed by atoms with Crippen LogP contribution >= 0.6 is 0 Å². The Morgan fingerprint density at radius 3 is 3.00 bits per heavy atom. The van der Waals surface area contributed by atoms with Crippen LogP contribution in [0.2, 0.25) is 0 Å². The fraction of sp³-hybridized carbons (Fsp3) is 0.600. The van der Waals surface area contributed by atoms with Crippen molar-refractivity contribution in [1.82, 2.24) is 15.2 Å². The van der Waals surface area contributed by atoms with Gasteiger partial charge in [-0.25, -0.2) is 4.98 Å². The average molecular weight is 276 g/mol. The topological polar surface area (TPSA) is 57.3 Å². The Kier molecular flexibility index (Phi) is 4.60. The zero-order valence-corrected chi connectivity index (χ0v) is 12.6. The molecule has 2 rings (SSSR count). The molecule has 0 bridgehead atoms. The first-order valence-electron chi connectivity index (χ1n) is 7.15. The third kappa shape index (κ3) is 3.10. The van der Waals surface area contributed by atoms with E-state index in [2.05, 4.69) is 33.5 Å². The maximum Gasteiger partial charge on any atom is 0.226 e. The number of likely N-dealkylation sites (tertiary alicyclic amines) is 1. The van der Waals surface area contributed by atoms with E-state index in [0.29, 0.717) is 0 Å². The van der Waals surface area contributed by atoms with Crippen molar-refractivity contribution in [1.29, 1.82) is 0 Å². The Bertz CT molecular complexity index is 477. The van der Waals surface area contributed by atoms with Crippen LogP contribution in [0.3, 0.4) is 0 Å². The highest BCUT2D eigenvalue weighted by atomic mass is 16.2. The van der Waals surface area contributed by atoms with Crippen LogP contribution in [0.5, 0.6) is 0 Å². The number of amides is 1. The summed E-state index contributed by atoms with van der Waals surface area (Å²) in [6.07, 6.45) is 3.80. The molecule has 0 radical (unpaired) electrons. The second kappa shape index (κ2) is 6.22. The zero-order valence-electron chi connectivity index (χ0n) is 12.6. The number of piperidine rings is 1. The van der Waals surface area contributed by atoms with Gasteiger partial charge in [-0.15, -0.1) is 0 Å². The molecule has 0 saturated carbocycles. The van der Waals surface area contributed by atoms with E-state index in [4.69, 9.17) is 0 Å². The van der Waals surface area contributed by atoms with E-state index < -0.39 is 0 Å². The summed E-state index contributed by atoms with van der Waals surface area (Å²) in [5.41, 5.74) is 0.894. The van der Waals surface area contributed by atoms with Gasteiger partial charge >= 0.3 is 0 Å². The fourth-order valence-corrected chi connectivity index (χ4v) is 3.00. The zero-order chi connectivity index (χ0) is 14.6. The molecule has 2 heterocycles. The quantitative estimate of drug-likeness (QED) is 0.874. The second-order valence-corrected chi connectivity index (χ2v) is 5.72. The van der Waals surface area contributed by atoms with E-state index in [0.717, 1.165) is 38.3 Å². The van der Waals surface area contributed by atoms with Gasteiger partial charge in [-0.1, -0.05) is 6.07 Å². The molecule has 5 nitrogen and oxygen atoms in total. The summed E-state index contributed by atoms with van der Waals surface area (Å²) in [4.78, 5) is 18.7. The highest BCUT2D eigenvalue weighted by molar-refractivity contribution is 5.82. The molecule has 1 aliphatic heterocycles. The summed E-state index contributed by atoms with van der Waals surface area (Å²) in [5, 5.41) is 5.91. The Morgan fingerprint density at radius 1 is 1.50 bits per heavy atom. The lowest BCUT2D eigenvalue weighted by atomic mass is 9.81. The third-order valence-electron chi connectivity index (χ3n) is 4.07. The van der Waals surface area contributed by atoms with Crippen molar-refractivity contribution in [2.45, 2.75) is 26.3 Å². The maximum atomic E-state index is 12.0. The largest absolute Gasteiger partial charge is 0.373 e. The lowest BCUT2D eigenvalue weighted by Gasteiger charge is -2.39. The predicted molar refractivity (Wildman–Crippen MR) is 80.5 cm³/mol. The summed E-state index contributed by atoms with van der Waals surface area (Å²) >= 11 is 0. The van der Waals surface area contributed by atoms with E-state index in [1.54, 1.807) is 13.2 Å². The van der Waals surface area contributed by atoms with Crippen LogP contribution in [0.15, 0.2) is 18.3 Å². The van der Waals surface area contributed by atoms with Crippen molar-refractivity contribution in [3.63, 3.8) is 0 Å². The molecule has 110 valence electrons. The number of pyridine rings is 1. The van der Waals surface area contributed by atoms with Gasteiger partial charge in [0, 0.05) is 38.9 Å². The van der Waals surface area contributed by atoms with Gasteiger partial charge in [-0.05, 0) is 32.4 Å². The van der Waals surface area contributed by atoms with Crippen molar-refractivity contribution in [3.8, 4) is 0 Å². The maximum absolute atomic E-state index is 12.0. The molecular weight excluding hydrogens is 252 g/mol. The van der Waals surface area contributed by atoms with Gasteiger partial charge < -0.3 is 10.6 Å². The number of hydrogen-bond acceptors (Lipinski definition) is 4. The van der Waals surface area contributed by atoms with Crippen molar-refractivity contribution >= 4 is 11.7 Å². The van der Waals surface area contributed by atoms with Crippen molar-refractivity contribution in [2.24, 2.45) is 5.41 Å². The SMILES string of the molecule is CNC(=O)C1(C)CCCN(Cc2cccnc2NC)C1. The van der Waals surface area contributed by atoms with E-state index in [1.807, 2.05) is 13.1 Å². The fourth-order valence-electron chi connectivity index (χ4n) is 3.00. The number of carbonyl (C=O) groups is 1. The minimum absolute atomic E-state index is 0.141. The number of nitrogens with one attached hydrogen (secondary N) is 2. The third-order valence-corrected chi connectivity index (χ3v) is 4.07. The molecule has 2 N–H and O–H groups in total. The Hall–Kier alpha value is -1.62. The first kappa shape index (κ1) is 14.8. The van der Waals surface area contributed by atoms with Crippen LogP contribution < -0.4 is 10.6 Å². The Morgan fingerprint density at radius 2 is 2.30 bits per heavy atom. The lowest BCUT2D eigenvalue weighted by Crippen LogP contribution is -2.49. The smallest absolute Gasteiger partial charge is 0.226 e. The molecule has 1 aromatic rings. The summed E-state index contributed by atoms with van der Waals surface area (Å²) in [6.45, 7) is 4.71. The van der Waals surface area contributed by atoms with Crippen molar-refractivity contribution in [3.05, 3.63) is 23.9 Å². The first-order valence-corrected chi connectivity index (χ1v) is 7.15. The molecule has 1 aromatic heterocycles. The Labute approximate surface area is 120 Å². The number of hydrogen-bond donors (Lipinski definition) is 2. The van der Waals surface area contributed by atoms with Gasteiger partial charge in [-0.3, -0.25) is 9.69 Å². The van der Waals surface area contributed by atoms with Crippen molar-refractivity contribution in [2.75, 3.05) is 32.5 Å². The molecule has 0 aromatic carbocycles. The molecule has 1 amide bonds. The minimum atomic E-state index is -0.283. The molecule has 0 spiro atoms. The van der Waals surface area contributed by atoms with Gasteiger partial charge in [-0.2, -0.15) is 0 Å². The highest BCUT2D eigenvalue weighted by Gasteiger charge is 2.37. The molecule has 1 fully saturated rings. The number of rotatable bonds is 4. The van der Waals surface area contributed by atoms with E-state index >= 15 is 0 Å². The summed E-state index contributed by atoms with van der Waals surface area (Å²) in [5.74, 6) is 1.06. The van der Waals surface area contributed by atoms with Gasteiger partial charge in [0.1, 0.15) is 5.82 Å². The van der Waals surface area contributed by atoms with Crippen LogP contribution in [-0.4, -0.2) is 43.0 Å². The van der Waals surface area contributed by atoms with Crippen LogP contribution in [0, 0.1) is 5.41 Å². The number of nitrogens with zero attached hydrogens (tertiary/aromatic N) is 2. The lowest BCUT2D eigenvalue weighted by molar-refractivity contribution is -0.132. The highest BCUT2D eigenvalue weighted by Crippen LogP contribution is 2.30. The normalized spacial score (nSPS) is 23.4. The minimum Gasteiger partial charge on any atom is -0.373 e. The molecule has 5 heteroatoms.